The number of amides is 1. The summed E-state index contributed by atoms with van der Waals surface area (Å²) in [4.78, 5) is 12.4. The first kappa shape index (κ1) is 16.2. The summed E-state index contributed by atoms with van der Waals surface area (Å²) in [5.41, 5.74) is 6.39. The van der Waals surface area contributed by atoms with Gasteiger partial charge in [0.15, 0.2) is 9.84 Å². The molecule has 5 nitrogen and oxygen atoms in total. The van der Waals surface area contributed by atoms with Gasteiger partial charge in [-0.1, -0.05) is 36.3 Å². The molecule has 0 aromatic heterocycles. The predicted molar refractivity (Wildman–Crippen MR) is 87.4 cm³/mol. The summed E-state index contributed by atoms with van der Waals surface area (Å²) in [5.74, 6) is -0.511. The second kappa shape index (κ2) is 6.29. The summed E-state index contributed by atoms with van der Waals surface area (Å²) >= 11 is 10.9. The highest BCUT2D eigenvalue weighted by Gasteiger charge is 2.35. The molecule has 1 fully saturated rings. The number of hydrogen-bond acceptors (Lipinski definition) is 4. The van der Waals surface area contributed by atoms with Gasteiger partial charge in [-0.15, -0.1) is 0 Å². The number of rotatable bonds is 3. The molecule has 0 radical (unpaired) electrons. The lowest BCUT2D eigenvalue weighted by molar-refractivity contribution is -0.116. The number of hydrogen-bond donors (Lipinski definition) is 2. The van der Waals surface area contributed by atoms with Crippen LogP contribution in [0.3, 0.4) is 0 Å². The fourth-order valence-electron chi connectivity index (χ4n) is 2.24. The van der Waals surface area contributed by atoms with Crippen molar-refractivity contribution >= 4 is 50.2 Å². The number of nitrogens with one attached hydrogen (secondary N) is 1. The summed E-state index contributed by atoms with van der Waals surface area (Å²) < 4.78 is 23.9. The van der Waals surface area contributed by atoms with Gasteiger partial charge in [0.2, 0.25) is 5.91 Å². The number of sulfone groups is 1. The average Bonchev–Trinajstić information content (AvgIpc) is 2.40. The largest absolute Gasteiger partial charge is 0.389 e. The van der Waals surface area contributed by atoms with Crippen molar-refractivity contribution in [2.75, 3.05) is 11.1 Å². The van der Waals surface area contributed by atoms with E-state index in [1.54, 1.807) is 12.1 Å². The molecule has 3 N–H and O–H groups in total. The molecular weight excluding hydrogens is 332 g/mol. The minimum atomic E-state index is -3.39. The van der Waals surface area contributed by atoms with Crippen LogP contribution in [0.25, 0.3) is 0 Å². The van der Waals surface area contributed by atoms with Crippen molar-refractivity contribution in [3.63, 3.8) is 0 Å². The van der Waals surface area contributed by atoms with Gasteiger partial charge in [-0.05, 0) is 25.0 Å². The monoisotopic (exact) mass is 346 g/mol. The number of halogens is 1. The van der Waals surface area contributed by atoms with Crippen molar-refractivity contribution in [3.8, 4) is 0 Å². The molecular formula is C13H15ClN2O3S2. The van der Waals surface area contributed by atoms with E-state index in [4.69, 9.17) is 29.6 Å². The Morgan fingerprint density at radius 3 is 2.71 bits per heavy atom. The van der Waals surface area contributed by atoms with Gasteiger partial charge in [-0.3, -0.25) is 4.79 Å². The van der Waals surface area contributed by atoms with E-state index in [0.717, 1.165) is 6.42 Å². The molecule has 1 aromatic rings. The Bertz CT molecular complexity index is 689. The lowest BCUT2D eigenvalue weighted by Gasteiger charge is -2.21. The number of thiocarbonyl (C=S) groups is 1. The Labute approximate surface area is 133 Å². The van der Waals surface area contributed by atoms with Crippen LogP contribution in [-0.2, 0) is 14.6 Å². The second-order valence-corrected chi connectivity index (χ2v) is 8.05. The average molecular weight is 347 g/mol. The summed E-state index contributed by atoms with van der Waals surface area (Å²) in [6.07, 6.45) is 1.66. The van der Waals surface area contributed by atoms with E-state index in [9.17, 15) is 13.2 Å². The standard InChI is InChI=1S/C13H15ClN2O3S2/c14-9-5-4-8(12(15)20)7-10(9)16-13(17)11-3-1-2-6-21(11,18)19/h4-5,7,11H,1-3,6H2,(H2,15,20)(H,16,17). The summed E-state index contributed by atoms with van der Waals surface area (Å²) in [6.45, 7) is 0. The number of anilines is 1. The maximum absolute atomic E-state index is 12.2. The van der Waals surface area contributed by atoms with Crippen molar-refractivity contribution in [1.82, 2.24) is 0 Å². The third-order valence-corrected chi connectivity index (χ3v) is 6.12. The molecule has 8 heteroatoms. The van der Waals surface area contributed by atoms with E-state index in [-0.39, 0.29) is 10.7 Å². The van der Waals surface area contributed by atoms with E-state index >= 15 is 0 Å². The second-order valence-electron chi connectivity index (χ2n) is 4.90. The zero-order valence-electron chi connectivity index (χ0n) is 11.1. The molecule has 114 valence electrons. The topological polar surface area (TPSA) is 89.3 Å². The van der Waals surface area contributed by atoms with Crippen LogP contribution in [0.2, 0.25) is 5.02 Å². The molecule has 1 atom stereocenters. The van der Waals surface area contributed by atoms with Crippen LogP contribution in [0, 0.1) is 0 Å². The maximum Gasteiger partial charge on any atom is 0.242 e. The first-order valence-electron chi connectivity index (χ1n) is 6.43. The highest BCUT2D eigenvalue weighted by atomic mass is 35.5. The van der Waals surface area contributed by atoms with Gasteiger partial charge in [0, 0.05) is 5.56 Å². The van der Waals surface area contributed by atoms with E-state index in [1.165, 1.54) is 6.07 Å². The molecule has 0 spiro atoms. The van der Waals surface area contributed by atoms with Crippen LogP contribution < -0.4 is 11.1 Å². The first-order valence-corrected chi connectivity index (χ1v) is 8.93. The first-order chi connectivity index (χ1) is 9.81. The van der Waals surface area contributed by atoms with E-state index in [1.807, 2.05) is 0 Å². The van der Waals surface area contributed by atoms with Crippen molar-refractivity contribution in [3.05, 3.63) is 28.8 Å². The molecule has 0 aliphatic carbocycles. The van der Waals surface area contributed by atoms with Crippen LogP contribution in [-0.4, -0.2) is 30.3 Å². The fourth-order valence-corrected chi connectivity index (χ4v) is 4.33. The van der Waals surface area contributed by atoms with Gasteiger partial charge in [0.1, 0.15) is 10.2 Å². The Hall–Kier alpha value is -1.18. The van der Waals surface area contributed by atoms with E-state index in [0.29, 0.717) is 29.1 Å². The molecule has 1 unspecified atom stereocenters. The quantitative estimate of drug-likeness (QED) is 0.816. The number of carbonyl (C=O) groups is 1. The van der Waals surface area contributed by atoms with E-state index in [2.05, 4.69) is 5.32 Å². The van der Waals surface area contributed by atoms with Gasteiger partial charge < -0.3 is 11.1 Å². The molecule has 1 saturated heterocycles. The number of carbonyl (C=O) groups excluding carboxylic acids is 1. The van der Waals surface area contributed by atoms with Crippen LogP contribution in [0.5, 0.6) is 0 Å². The van der Waals surface area contributed by atoms with Crippen LogP contribution in [0.1, 0.15) is 24.8 Å². The van der Waals surface area contributed by atoms with Crippen molar-refractivity contribution in [2.24, 2.45) is 5.73 Å². The van der Waals surface area contributed by atoms with Crippen molar-refractivity contribution < 1.29 is 13.2 Å². The molecule has 1 aromatic carbocycles. The molecule has 1 aliphatic heterocycles. The van der Waals surface area contributed by atoms with Gasteiger partial charge in [-0.2, -0.15) is 0 Å². The summed E-state index contributed by atoms with van der Waals surface area (Å²) in [7, 11) is -3.39. The Morgan fingerprint density at radius 1 is 1.38 bits per heavy atom. The lowest BCUT2D eigenvalue weighted by Crippen LogP contribution is -2.39. The van der Waals surface area contributed by atoms with Crippen LogP contribution in [0.4, 0.5) is 5.69 Å². The van der Waals surface area contributed by atoms with Crippen molar-refractivity contribution in [1.29, 1.82) is 0 Å². The van der Waals surface area contributed by atoms with Gasteiger partial charge in [0.05, 0.1) is 16.5 Å². The minimum absolute atomic E-state index is 0.0474. The predicted octanol–water partition coefficient (Wildman–Crippen LogP) is 1.88. The van der Waals surface area contributed by atoms with Gasteiger partial charge >= 0.3 is 0 Å². The molecule has 21 heavy (non-hydrogen) atoms. The third-order valence-electron chi connectivity index (χ3n) is 3.38. The smallest absolute Gasteiger partial charge is 0.242 e. The third kappa shape index (κ3) is 3.72. The number of benzene rings is 1. The molecule has 1 amide bonds. The van der Waals surface area contributed by atoms with Gasteiger partial charge in [-0.25, -0.2) is 8.42 Å². The van der Waals surface area contributed by atoms with E-state index < -0.39 is 21.0 Å². The molecule has 2 rings (SSSR count). The Morgan fingerprint density at radius 2 is 2.10 bits per heavy atom. The molecule has 0 bridgehead atoms. The SMILES string of the molecule is NC(=S)c1ccc(Cl)c(NC(=O)C2CCCCS2(=O)=O)c1. The van der Waals surface area contributed by atoms with Gasteiger partial charge in [0.25, 0.3) is 0 Å². The van der Waals surface area contributed by atoms with Crippen LogP contribution in [0.15, 0.2) is 18.2 Å². The molecule has 0 saturated carbocycles. The zero-order valence-corrected chi connectivity index (χ0v) is 13.5. The Kier molecular flexibility index (Phi) is 4.85. The number of nitrogens with two attached hydrogens (primary N) is 1. The van der Waals surface area contributed by atoms with Crippen LogP contribution >= 0.6 is 23.8 Å². The highest BCUT2D eigenvalue weighted by Crippen LogP contribution is 2.26. The fraction of sp³-hybridized carbons (Fsp3) is 0.385. The van der Waals surface area contributed by atoms with Crippen molar-refractivity contribution in [2.45, 2.75) is 24.5 Å². The summed E-state index contributed by atoms with van der Waals surface area (Å²) in [5, 5.41) is 1.85. The normalized spacial score (nSPS) is 20.7. The summed E-state index contributed by atoms with van der Waals surface area (Å²) in [6, 6.07) is 4.73. The Balaban J connectivity index is 2.23. The maximum atomic E-state index is 12.2. The molecule has 1 aliphatic rings. The lowest BCUT2D eigenvalue weighted by atomic mass is 10.1. The zero-order chi connectivity index (χ0) is 15.6. The molecule has 1 heterocycles. The highest BCUT2D eigenvalue weighted by molar-refractivity contribution is 7.92. The minimum Gasteiger partial charge on any atom is -0.389 e.